The van der Waals surface area contributed by atoms with Crippen molar-refractivity contribution >= 4 is 11.9 Å². The molecule has 1 fully saturated rings. The molecule has 5 heteroatoms. The number of rotatable bonds is 4. The Bertz CT molecular complexity index is 251. The van der Waals surface area contributed by atoms with Crippen molar-refractivity contribution in [1.29, 1.82) is 0 Å². The van der Waals surface area contributed by atoms with Crippen LogP contribution in [0.15, 0.2) is 0 Å². The van der Waals surface area contributed by atoms with Crippen LogP contribution in [0.3, 0.4) is 0 Å². The molecule has 3 amide bonds. The number of nitrogens with one attached hydrogen (secondary N) is 2. The Labute approximate surface area is 90.2 Å². The summed E-state index contributed by atoms with van der Waals surface area (Å²) in [5.41, 5.74) is 0. The lowest BCUT2D eigenvalue weighted by Gasteiger charge is -2.23. The highest BCUT2D eigenvalue weighted by Gasteiger charge is 2.31. The van der Waals surface area contributed by atoms with Gasteiger partial charge in [-0.1, -0.05) is 0 Å². The van der Waals surface area contributed by atoms with E-state index in [2.05, 4.69) is 17.6 Å². The maximum Gasteiger partial charge on any atom is 0.321 e. The highest BCUT2D eigenvalue weighted by atomic mass is 16.2. The normalized spacial score (nSPS) is 17.3. The molecular formula is C10H19N3O2. The lowest BCUT2D eigenvalue weighted by Crippen LogP contribution is -2.44. The molecule has 0 unspecified atom stereocenters. The quantitative estimate of drug-likeness (QED) is 0.700. The third-order valence-electron chi connectivity index (χ3n) is 2.87. The summed E-state index contributed by atoms with van der Waals surface area (Å²) >= 11 is 0. The van der Waals surface area contributed by atoms with E-state index in [1.54, 1.807) is 0 Å². The fourth-order valence-corrected chi connectivity index (χ4v) is 1.54. The second-order valence-corrected chi connectivity index (χ2v) is 4.12. The van der Waals surface area contributed by atoms with Crippen LogP contribution in [0.1, 0.15) is 19.8 Å². The van der Waals surface area contributed by atoms with Gasteiger partial charge in [0.1, 0.15) is 0 Å². The molecule has 0 spiro atoms. The average molecular weight is 213 g/mol. The first kappa shape index (κ1) is 12.0. The van der Waals surface area contributed by atoms with Crippen LogP contribution in [0.4, 0.5) is 4.79 Å². The van der Waals surface area contributed by atoms with E-state index in [0.29, 0.717) is 6.04 Å². The number of hydrogen-bond donors (Lipinski definition) is 2. The largest absolute Gasteiger partial charge is 0.341 e. The van der Waals surface area contributed by atoms with Crippen molar-refractivity contribution < 1.29 is 9.59 Å². The summed E-state index contributed by atoms with van der Waals surface area (Å²) in [4.78, 5) is 24.2. The smallest absolute Gasteiger partial charge is 0.321 e. The molecule has 0 aromatic carbocycles. The van der Waals surface area contributed by atoms with E-state index >= 15 is 0 Å². The number of hydrogen-bond acceptors (Lipinski definition) is 3. The summed E-state index contributed by atoms with van der Waals surface area (Å²) in [7, 11) is 3.39. The fraction of sp³-hybridized carbons (Fsp3) is 0.800. The van der Waals surface area contributed by atoms with Gasteiger partial charge in [-0.15, -0.1) is 0 Å². The van der Waals surface area contributed by atoms with Gasteiger partial charge in [0.25, 0.3) is 0 Å². The summed E-state index contributed by atoms with van der Waals surface area (Å²) < 4.78 is 0. The molecule has 86 valence electrons. The van der Waals surface area contributed by atoms with Crippen molar-refractivity contribution in [2.24, 2.45) is 5.92 Å². The molecule has 1 aliphatic rings. The zero-order chi connectivity index (χ0) is 11.4. The van der Waals surface area contributed by atoms with Crippen molar-refractivity contribution in [1.82, 2.24) is 15.5 Å². The third kappa shape index (κ3) is 3.87. The Morgan fingerprint density at radius 3 is 2.53 bits per heavy atom. The van der Waals surface area contributed by atoms with E-state index in [9.17, 15) is 9.59 Å². The Balaban J connectivity index is 2.26. The van der Waals surface area contributed by atoms with Crippen LogP contribution >= 0.6 is 0 Å². The maximum atomic E-state index is 11.4. The summed E-state index contributed by atoms with van der Waals surface area (Å²) in [6.07, 6.45) is 2.51. The van der Waals surface area contributed by atoms with E-state index in [0.717, 1.165) is 5.92 Å². The molecular weight excluding hydrogens is 194 g/mol. The fourth-order valence-electron chi connectivity index (χ4n) is 1.54. The minimum absolute atomic E-state index is 0.260. The van der Waals surface area contributed by atoms with Gasteiger partial charge >= 0.3 is 6.03 Å². The molecule has 0 bridgehead atoms. The van der Waals surface area contributed by atoms with Crippen molar-refractivity contribution in [3.63, 3.8) is 0 Å². The number of carbonyl (C=O) groups excluding carboxylic acids is 2. The monoisotopic (exact) mass is 213 g/mol. The van der Waals surface area contributed by atoms with Crippen LogP contribution in [0.2, 0.25) is 0 Å². The van der Waals surface area contributed by atoms with Gasteiger partial charge in [-0.25, -0.2) is 4.79 Å². The van der Waals surface area contributed by atoms with Gasteiger partial charge in [0, 0.05) is 13.1 Å². The van der Waals surface area contributed by atoms with Gasteiger partial charge in [-0.3, -0.25) is 15.0 Å². The Hall–Kier alpha value is -1.10. The highest BCUT2D eigenvalue weighted by molar-refractivity contribution is 5.95. The van der Waals surface area contributed by atoms with E-state index in [4.69, 9.17) is 0 Å². The van der Waals surface area contributed by atoms with Crippen molar-refractivity contribution in [2.75, 3.05) is 20.6 Å². The van der Waals surface area contributed by atoms with E-state index in [-0.39, 0.29) is 12.5 Å². The van der Waals surface area contributed by atoms with Crippen LogP contribution in [0.25, 0.3) is 0 Å². The molecule has 0 aliphatic heterocycles. The number of imide groups is 1. The Kier molecular flexibility index (Phi) is 4.08. The van der Waals surface area contributed by atoms with Crippen LogP contribution < -0.4 is 10.6 Å². The third-order valence-corrected chi connectivity index (χ3v) is 2.87. The summed E-state index contributed by atoms with van der Waals surface area (Å²) in [5, 5.41) is 4.59. The van der Waals surface area contributed by atoms with E-state index in [1.165, 1.54) is 19.9 Å². The molecule has 5 nitrogen and oxygen atoms in total. The van der Waals surface area contributed by atoms with Crippen LogP contribution in [0, 0.1) is 5.92 Å². The molecule has 0 radical (unpaired) electrons. The standard InChI is InChI=1S/C10H19N3O2/c1-7(8-4-5-8)13(3)6-9(14)12-10(15)11-2/h7-8H,4-6H2,1-3H3,(H2,11,12,14,15)/t7-/m1/s1. The van der Waals surface area contributed by atoms with E-state index in [1.807, 2.05) is 11.9 Å². The minimum Gasteiger partial charge on any atom is -0.341 e. The second-order valence-electron chi connectivity index (χ2n) is 4.12. The zero-order valence-electron chi connectivity index (χ0n) is 9.54. The van der Waals surface area contributed by atoms with Crippen LogP contribution in [-0.2, 0) is 4.79 Å². The van der Waals surface area contributed by atoms with Gasteiger partial charge < -0.3 is 5.32 Å². The molecule has 0 aromatic heterocycles. The summed E-state index contributed by atoms with van der Waals surface area (Å²) in [5.74, 6) is 0.465. The number of urea groups is 1. The molecule has 2 N–H and O–H groups in total. The SMILES string of the molecule is CNC(=O)NC(=O)CN(C)[C@H](C)C1CC1. The zero-order valence-corrected chi connectivity index (χ0v) is 9.54. The lowest BCUT2D eigenvalue weighted by molar-refractivity contribution is -0.121. The predicted molar refractivity (Wildman–Crippen MR) is 57.4 cm³/mol. The van der Waals surface area contributed by atoms with Gasteiger partial charge in [0.05, 0.1) is 6.54 Å². The average Bonchev–Trinajstić information content (AvgIpc) is 2.99. The number of likely N-dealkylation sites (N-methyl/N-ethyl adjacent to an activating group) is 1. The number of amides is 3. The molecule has 1 atom stereocenters. The van der Waals surface area contributed by atoms with Crippen LogP contribution in [-0.4, -0.2) is 43.5 Å². The van der Waals surface area contributed by atoms with Gasteiger partial charge in [0.2, 0.25) is 5.91 Å². The predicted octanol–water partition coefficient (Wildman–Crippen LogP) is 0.172. The van der Waals surface area contributed by atoms with E-state index < -0.39 is 6.03 Å². The first-order valence-electron chi connectivity index (χ1n) is 5.26. The minimum atomic E-state index is -0.451. The molecule has 1 rings (SSSR count). The van der Waals surface area contributed by atoms with Crippen molar-refractivity contribution in [3.05, 3.63) is 0 Å². The van der Waals surface area contributed by atoms with Crippen LogP contribution in [0.5, 0.6) is 0 Å². The van der Waals surface area contributed by atoms with Crippen molar-refractivity contribution in [3.8, 4) is 0 Å². The topological polar surface area (TPSA) is 61.4 Å². The molecule has 15 heavy (non-hydrogen) atoms. The van der Waals surface area contributed by atoms with Gasteiger partial charge in [-0.2, -0.15) is 0 Å². The molecule has 1 saturated carbocycles. The Morgan fingerprint density at radius 2 is 2.07 bits per heavy atom. The van der Waals surface area contributed by atoms with Gasteiger partial charge in [0.15, 0.2) is 0 Å². The maximum absolute atomic E-state index is 11.4. The molecule has 0 heterocycles. The summed E-state index contributed by atoms with van der Waals surface area (Å²) in [6, 6.07) is -0.0343. The molecule has 0 aromatic rings. The number of nitrogens with zero attached hydrogens (tertiary/aromatic N) is 1. The highest BCUT2D eigenvalue weighted by Crippen LogP contribution is 2.34. The Morgan fingerprint density at radius 1 is 1.47 bits per heavy atom. The van der Waals surface area contributed by atoms with Gasteiger partial charge in [-0.05, 0) is 32.7 Å². The summed E-state index contributed by atoms with van der Waals surface area (Å²) in [6.45, 7) is 2.38. The molecule has 0 saturated heterocycles. The lowest BCUT2D eigenvalue weighted by atomic mass is 10.2. The first-order chi connectivity index (χ1) is 7.04. The number of carbonyl (C=O) groups is 2. The molecule has 1 aliphatic carbocycles. The second kappa shape index (κ2) is 5.11. The van der Waals surface area contributed by atoms with Crippen molar-refractivity contribution in [2.45, 2.75) is 25.8 Å². The first-order valence-corrected chi connectivity index (χ1v) is 5.26.